The molecule has 0 spiro atoms. The van der Waals surface area contributed by atoms with Gasteiger partial charge in [0.25, 0.3) is 0 Å². The Kier molecular flexibility index (Phi) is 1.61. The van der Waals surface area contributed by atoms with E-state index in [0.717, 1.165) is 0 Å². The Hall–Kier alpha value is -1.31. The second-order valence-corrected chi connectivity index (χ2v) is 3.32. The fraction of sp³-hybridized carbons (Fsp3) is 0.300. The van der Waals surface area contributed by atoms with E-state index in [2.05, 4.69) is 53.7 Å². The second-order valence-electron chi connectivity index (χ2n) is 3.32. The molecule has 0 amide bonds. The largest absolute Gasteiger partial charge is 0.249 e. The molecule has 0 aliphatic heterocycles. The van der Waals surface area contributed by atoms with E-state index in [1.807, 2.05) is 6.07 Å². The molecule has 0 aliphatic carbocycles. The summed E-state index contributed by atoms with van der Waals surface area (Å²) in [6.45, 7) is 4.36. The summed E-state index contributed by atoms with van der Waals surface area (Å²) >= 11 is 0. The van der Waals surface area contributed by atoms with Crippen LogP contribution in [-0.2, 0) is 0 Å². The summed E-state index contributed by atoms with van der Waals surface area (Å²) < 4.78 is 4.33. The average Bonchev–Trinajstić information content (AvgIpc) is 2.46. The zero-order valence-corrected chi connectivity index (χ0v) is 7.44. The fourth-order valence-electron chi connectivity index (χ4n) is 1.30. The molecule has 2 heterocycles. The van der Waals surface area contributed by atoms with Crippen LogP contribution in [0.1, 0.15) is 19.9 Å². The standard InChI is InChI=1S/C10H13N2/c1-9(2)12-7-10-5-3-4-6-11(10)8-12/h3-9H,1-2H3/q+1. The Labute approximate surface area is 72.1 Å². The molecule has 0 N–H and O–H groups in total. The molecule has 0 saturated carbocycles. The van der Waals surface area contributed by atoms with Crippen LogP contribution in [0, 0.1) is 0 Å². The van der Waals surface area contributed by atoms with E-state index < -0.39 is 0 Å². The number of pyridine rings is 1. The van der Waals surface area contributed by atoms with E-state index in [-0.39, 0.29) is 0 Å². The lowest BCUT2D eigenvalue weighted by atomic mass is 10.4. The van der Waals surface area contributed by atoms with Crippen molar-refractivity contribution >= 4 is 5.52 Å². The maximum Gasteiger partial charge on any atom is 0.249 e. The molecule has 2 nitrogen and oxygen atoms in total. The molecule has 0 aromatic carbocycles. The van der Waals surface area contributed by atoms with Crippen LogP contribution in [0.25, 0.3) is 5.52 Å². The van der Waals surface area contributed by atoms with Crippen molar-refractivity contribution < 1.29 is 4.57 Å². The molecule has 0 unspecified atom stereocenters. The highest BCUT2D eigenvalue weighted by Crippen LogP contribution is 2.01. The zero-order chi connectivity index (χ0) is 8.55. The molecule has 12 heavy (non-hydrogen) atoms. The Bertz CT molecular complexity index is 354. The van der Waals surface area contributed by atoms with Gasteiger partial charge in [0, 0.05) is 0 Å². The van der Waals surface area contributed by atoms with Gasteiger partial charge < -0.3 is 0 Å². The summed E-state index contributed by atoms with van der Waals surface area (Å²) in [5, 5.41) is 0. The molecule has 2 rings (SSSR count). The van der Waals surface area contributed by atoms with Gasteiger partial charge in [0.15, 0.2) is 5.52 Å². The van der Waals surface area contributed by atoms with Gasteiger partial charge in [-0.25, -0.2) is 8.97 Å². The number of imidazole rings is 1. The molecule has 2 heteroatoms. The molecule has 0 bridgehead atoms. The molecular formula is C10H13N2+. The first-order chi connectivity index (χ1) is 5.77. The number of aromatic nitrogens is 2. The topological polar surface area (TPSA) is 8.29 Å². The lowest BCUT2D eigenvalue weighted by Gasteiger charge is -1.95. The zero-order valence-electron chi connectivity index (χ0n) is 7.44. The van der Waals surface area contributed by atoms with E-state index in [0.29, 0.717) is 6.04 Å². The third-order valence-corrected chi connectivity index (χ3v) is 2.06. The summed E-state index contributed by atoms with van der Waals surface area (Å²) in [6.07, 6.45) is 6.33. The second kappa shape index (κ2) is 2.63. The summed E-state index contributed by atoms with van der Waals surface area (Å²) in [6, 6.07) is 6.74. The SMILES string of the molecule is CC(C)[n+]1cc2ccccn2c1. The molecule has 0 aliphatic rings. The van der Waals surface area contributed by atoms with E-state index in [9.17, 15) is 0 Å². The number of hydrogen-bond donors (Lipinski definition) is 0. The van der Waals surface area contributed by atoms with Gasteiger partial charge >= 0.3 is 0 Å². The molecule has 0 fully saturated rings. The quantitative estimate of drug-likeness (QED) is 0.564. The van der Waals surface area contributed by atoms with Crippen LogP contribution in [0.5, 0.6) is 0 Å². The van der Waals surface area contributed by atoms with Gasteiger partial charge in [0.2, 0.25) is 6.33 Å². The van der Waals surface area contributed by atoms with Crippen molar-refractivity contribution in [2.75, 3.05) is 0 Å². The monoisotopic (exact) mass is 161 g/mol. The maximum atomic E-state index is 2.20. The van der Waals surface area contributed by atoms with Crippen LogP contribution in [0.3, 0.4) is 0 Å². The highest BCUT2D eigenvalue weighted by Gasteiger charge is 2.06. The minimum Gasteiger partial charge on any atom is -0.234 e. The number of rotatable bonds is 1. The van der Waals surface area contributed by atoms with Gasteiger partial charge in [0.05, 0.1) is 12.2 Å². The third kappa shape index (κ3) is 1.09. The van der Waals surface area contributed by atoms with Gasteiger partial charge in [0.1, 0.15) is 6.20 Å². The van der Waals surface area contributed by atoms with Crippen molar-refractivity contribution in [3.63, 3.8) is 0 Å². The smallest absolute Gasteiger partial charge is 0.234 e. The van der Waals surface area contributed by atoms with Crippen LogP contribution < -0.4 is 4.57 Å². The molecule has 0 saturated heterocycles. The summed E-state index contributed by atoms with van der Waals surface area (Å²) in [4.78, 5) is 0. The van der Waals surface area contributed by atoms with E-state index in [1.54, 1.807) is 0 Å². The van der Waals surface area contributed by atoms with Gasteiger partial charge in [-0.1, -0.05) is 6.07 Å². The Morgan fingerprint density at radius 1 is 1.33 bits per heavy atom. The van der Waals surface area contributed by atoms with Crippen LogP contribution in [0.2, 0.25) is 0 Å². The van der Waals surface area contributed by atoms with Crippen molar-refractivity contribution in [3.05, 3.63) is 36.9 Å². The van der Waals surface area contributed by atoms with Crippen molar-refractivity contribution in [3.8, 4) is 0 Å². The Morgan fingerprint density at radius 3 is 2.83 bits per heavy atom. The predicted octanol–water partition coefficient (Wildman–Crippen LogP) is 1.81. The molecule has 2 aromatic heterocycles. The van der Waals surface area contributed by atoms with Crippen molar-refractivity contribution in [1.29, 1.82) is 0 Å². The first-order valence-electron chi connectivity index (χ1n) is 4.25. The number of fused-ring (bicyclic) bond motifs is 1. The van der Waals surface area contributed by atoms with Crippen LogP contribution >= 0.6 is 0 Å². The van der Waals surface area contributed by atoms with Gasteiger partial charge in [-0.3, -0.25) is 0 Å². The van der Waals surface area contributed by atoms with Crippen LogP contribution in [-0.4, -0.2) is 4.40 Å². The number of nitrogens with zero attached hydrogens (tertiary/aromatic N) is 2. The Morgan fingerprint density at radius 2 is 2.17 bits per heavy atom. The van der Waals surface area contributed by atoms with E-state index in [4.69, 9.17) is 0 Å². The summed E-state index contributed by atoms with van der Waals surface area (Å²) in [5.41, 5.74) is 1.24. The van der Waals surface area contributed by atoms with Gasteiger partial charge in [-0.05, 0) is 26.0 Å². The lowest BCUT2D eigenvalue weighted by Crippen LogP contribution is -2.32. The minimum atomic E-state index is 0.532. The van der Waals surface area contributed by atoms with Gasteiger partial charge in [-0.15, -0.1) is 0 Å². The predicted molar refractivity (Wildman–Crippen MR) is 48.0 cm³/mol. The molecule has 62 valence electrons. The van der Waals surface area contributed by atoms with Crippen molar-refractivity contribution in [2.45, 2.75) is 19.9 Å². The maximum absolute atomic E-state index is 2.20. The molecule has 0 atom stereocenters. The average molecular weight is 161 g/mol. The minimum absolute atomic E-state index is 0.532. The highest BCUT2D eigenvalue weighted by molar-refractivity contribution is 5.41. The lowest BCUT2D eigenvalue weighted by molar-refractivity contribution is -0.714. The highest BCUT2D eigenvalue weighted by atomic mass is 15.1. The molecule has 2 aromatic rings. The number of hydrogen-bond acceptors (Lipinski definition) is 0. The fourth-order valence-corrected chi connectivity index (χ4v) is 1.30. The molecule has 0 radical (unpaired) electrons. The summed E-state index contributed by atoms with van der Waals surface area (Å²) in [7, 11) is 0. The van der Waals surface area contributed by atoms with Crippen molar-refractivity contribution in [1.82, 2.24) is 4.40 Å². The van der Waals surface area contributed by atoms with Crippen LogP contribution in [0.4, 0.5) is 0 Å². The summed E-state index contributed by atoms with van der Waals surface area (Å²) in [5.74, 6) is 0. The van der Waals surface area contributed by atoms with E-state index in [1.165, 1.54) is 5.52 Å². The van der Waals surface area contributed by atoms with Crippen molar-refractivity contribution in [2.24, 2.45) is 0 Å². The normalized spacial score (nSPS) is 11.2. The van der Waals surface area contributed by atoms with Gasteiger partial charge in [-0.2, -0.15) is 0 Å². The molecular weight excluding hydrogens is 148 g/mol. The first kappa shape index (κ1) is 7.35. The van der Waals surface area contributed by atoms with E-state index >= 15 is 0 Å². The Balaban J connectivity index is 2.62. The third-order valence-electron chi connectivity index (χ3n) is 2.06. The van der Waals surface area contributed by atoms with Crippen LogP contribution in [0.15, 0.2) is 36.9 Å². The first-order valence-corrected chi connectivity index (χ1v) is 4.25.